The average molecular weight is 480 g/mol. The Bertz CT molecular complexity index is 1120. The first kappa shape index (κ1) is 24.9. The van der Waals surface area contributed by atoms with E-state index in [1.54, 1.807) is 30.3 Å². The van der Waals surface area contributed by atoms with Crippen LogP contribution in [0.1, 0.15) is 17.3 Å². The molecule has 0 fully saturated rings. The van der Waals surface area contributed by atoms with Crippen LogP contribution in [0, 0.1) is 0 Å². The first-order valence-electron chi connectivity index (χ1n) is 9.33. The Labute approximate surface area is 191 Å². The largest absolute Gasteiger partial charge is 0.449 e. The van der Waals surface area contributed by atoms with Crippen LogP contribution < -0.4 is 14.9 Å². The van der Waals surface area contributed by atoms with E-state index in [2.05, 4.69) is 11.9 Å². The van der Waals surface area contributed by atoms with Gasteiger partial charge in [0, 0.05) is 7.05 Å². The zero-order valence-electron chi connectivity index (χ0n) is 17.4. The van der Waals surface area contributed by atoms with Crippen LogP contribution in [0.25, 0.3) is 0 Å². The number of rotatable bonds is 8. The summed E-state index contributed by atoms with van der Waals surface area (Å²) in [6.45, 7) is 4.85. The third-order valence-corrected chi connectivity index (χ3v) is 6.32. The standard InChI is InChI=1S/C21H22ClN3O6S/c1-4-12-25(15-8-6-5-7-9-15)32(29,30)16-10-11-18(22)17(13-16)20(27)31-14(2)19(26)24-21(28)23-3/h4-11,13-14H,1,12H2,2-3H3,(H2,23,24,26,28). The molecule has 0 aliphatic heterocycles. The molecule has 0 spiro atoms. The fraction of sp³-hybridized carbons (Fsp3) is 0.190. The van der Waals surface area contributed by atoms with Crippen molar-refractivity contribution < 1.29 is 27.5 Å². The molecular formula is C21H22ClN3O6S. The summed E-state index contributed by atoms with van der Waals surface area (Å²) < 4.78 is 32.7. The lowest BCUT2D eigenvalue weighted by atomic mass is 10.2. The van der Waals surface area contributed by atoms with E-state index in [9.17, 15) is 22.8 Å². The fourth-order valence-electron chi connectivity index (χ4n) is 2.56. The Morgan fingerprint density at radius 2 is 1.84 bits per heavy atom. The highest BCUT2D eigenvalue weighted by atomic mass is 35.5. The lowest BCUT2D eigenvalue weighted by molar-refractivity contribution is -0.127. The second kappa shape index (κ2) is 10.8. The van der Waals surface area contributed by atoms with Crippen molar-refractivity contribution in [1.82, 2.24) is 10.6 Å². The molecule has 11 heteroatoms. The quantitative estimate of drug-likeness (QED) is 0.443. The Balaban J connectivity index is 2.34. The minimum Gasteiger partial charge on any atom is -0.449 e. The van der Waals surface area contributed by atoms with Gasteiger partial charge in [0.25, 0.3) is 15.9 Å². The molecule has 1 unspecified atom stereocenters. The van der Waals surface area contributed by atoms with Crippen LogP contribution in [0.5, 0.6) is 0 Å². The number of hydrogen-bond acceptors (Lipinski definition) is 6. The third kappa shape index (κ3) is 5.86. The Morgan fingerprint density at radius 1 is 1.19 bits per heavy atom. The summed E-state index contributed by atoms with van der Waals surface area (Å²) in [5, 5.41) is 4.10. The van der Waals surface area contributed by atoms with Crippen molar-refractivity contribution in [2.24, 2.45) is 0 Å². The summed E-state index contributed by atoms with van der Waals surface area (Å²) in [6, 6.07) is 11.2. The highest BCUT2D eigenvalue weighted by molar-refractivity contribution is 7.92. The van der Waals surface area contributed by atoms with Crippen molar-refractivity contribution >= 4 is 45.2 Å². The number of hydrogen-bond donors (Lipinski definition) is 2. The second-order valence-electron chi connectivity index (χ2n) is 6.42. The van der Waals surface area contributed by atoms with Gasteiger partial charge in [0.1, 0.15) is 0 Å². The molecule has 0 heterocycles. The van der Waals surface area contributed by atoms with E-state index < -0.39 is 34.0 Å². The summed E-state index contributed by atoms with van der Waals surface area (Å²) in [5.74, 6) is -1.89. The van der Waals surface area contributed by atoms with Gasteiger partial charge in [-0.05, 0) is 37.3 Å². The maximum atomic E-state index is 13.3. The molecule has 170 valence electrons. The average Bonchev–Trinajstić information content (AvgIpc) is 2.77. The Hall–Kier alpha value is -3.37. The van der Waals surface area contributed by atoms with Crippen molar-refractivity contribution in [3.63, 3.8) is 0 Å². The van der Waals surface area contributed by atoms with Crippen molar-refractivity contribution in [2.45, 2.75) is 17.9 Å². The van der Waals surface area contributed by atoms with E-state index in [0.717, 1.165) is 10.4 Å². The zero-order chi connectivity index (χ0) is 23.9. The number of amides is 3. The predicted octanol–water partition coefficient (Wildman–Crippen LogP) is 2.72. The monoisotopic (exact) mass is 479 g/mol. The number of nitrogens with zero attached hydrogens (tertiary/aromatic N) is 1. The normalized spacial score (nSPS) is 11.7. The number of nitrogens with one attached hydrogen (secondary N) is 2. The van der Waals surface area contributed by atoms with Crippen LogP contribution in [-0.2, 0) is 19.6 Å². The van der Waals surface area contributed by atoms with E-state index in [4.69, 9.17) is 16.3 Å². The highest BCUT2D eigenvalue weighted by Crippen LogP contribution is 2.27. The van der Waals surface area contributed by atoms with E-state index in [-0.39, 0.29) is 22.0 Å². The van der Waals surface area contributed by atoms with Gasteiger partial charge in [-0.25, -0.2) is 18.0 Å². The number of sulfonamides is 1. The molecular weight excluding hydrogens is 458 g/mol. The smallest absolute Gasteiger partial charge is 0.340 e. The number of esters is 1. The number of benzene rings is 2. The molecule has 2 aromatic rings. The van der Waals surface area contributed by atoms with Gasteiger partial charge in [0.05, 0.1) is 27.7 Å². The minimum absolute atomic E-state index is 0.00848. The van der Waals surface area contributed by atoms with Gasteiger partial charge in [0.15, 0.2) is 6.10 Å². The van der Waals surface area contributed by atoms with Crippen LogP contribution in [0.3, 0.4) is 0 Å². The van der Waals surface area contributed by atoms with Gasteiger partial charge in [-0.2, -0.15) is 0 Å². The van der Waals surface area contributed by atoms with E-state index in [0.29, 0.717) is 5.69 Å². The topological polar surface area (TPSA) is 122 Å². The zero-order valence-corrected chi connectivity index (χ0v) is 18.9. The van der Waals surface area contributed by atoms with Gasteiger partial charge < -0.3 is 10.1 Å². The molecule has 0 radical (unpaired) electrons. The molecule has 0 aliphatic rings. The molecule has 0 saturated heterocycles. The SMILES string of the molecule is C=CCN(c1ccccc1)S(=O)(=O)c1ccc(Cl)c(C(=O)OC(C)C(=O)NC(=O)NC)c1. The Morgan fingerprint density at radius 3 is 2.44 bits per heavy atom. The molecule has 2 aromatic carbocycles. The number of carbonyl (C=O) groups is 3. The van der Waals surface area contributed by atoms with E-state index in [1.807, 2.05) is 5.32 Å². The molecule has 3 amide bonds. The first-order valence-corrected chi connectivity index (χ1v) is 11.2. The molecule has 0 saturated carbocycles. The minimum atomic E-state index is -4.09. The van der Waals surface area contributed by atoms with E-state index >= 15 is 0 Å². The van der Waals surface area contributed by atoms with Crippen molar-refractivity contribution in [2.75, 3.05) is 17.9 Å². The predicted molar refractivity (Wildman–Crippen MR) is 120 cm³/mol. The summed E-state index contributed by atoms with van der Waals surface area (Å²) in [5.41, 5.74) is 0.157. The van der Waals surface area contributed by atoms with E-state index in [1.165, 1.54) is 32.2 Å². The van der Waals surface area contributed by atoms with Crippen LogP contribution in [0.4, 0.5) is 10.5 Å². The van der Waals surface area contributed by atoms with Crippen molar-refractivity contribution in [1.29, 1.82) is 0 Å². The Kier molecular flexibility index (Phi) is 8.39. The maximum Gasteiger partial charge on any atom is 0.340 e. The summed E-state index contributed by atoms with van der Waals surface area (Å²) in [4.78, 5) is 35.5. The summed E-state index contributed by atoms with van der Waals surface area (Å²) >= 11 is 6.08. The van der Waals surface area contributed by atoms with Crippen LogP contribution >= 0.6 is 11.6 Å². The highest BCUT2D eigenvalue weighted by Gasteiger charge is 2.27. The number of carbonyl (C=O) groups excluding carboxylic acids is 3. The van der Waals surface area contributed by atoms with Crippen LogP contribution in [-0.4, -0.2) is 46.0 Å². The summed E-state index contributed by atoms with van der Waals surface area (Å²) in [6.07, 6.45) is 0.0975. The molecule has 2 rings (SSSR count). The first-order chi connectivity index (χ1) is 15.1. The maximum absolute atomic E-state index is 13.3. The van der Waals surface area contributed by atoms with Crippen molar-refractivity contribution in [3.05, 3.63) is 71.8 Å². The second-order valence-corrected chi connectivity index (χ2v) is 8.69. The molecule has 1 atom stereocenters. The molecule has 32 heavy (non-hydrogen) atoms. The van der Waals surface area contributed by atoms with Crippen LogP contribution in [0.15, 0.2) is 66.1 Å². The number of imide groups is 1. The number of halogens is 1. The lowest BCUT2D eigenvalue weighted by Crippen LogP contribution is -2.43. The van der Waals surface area contributed by atoms with Gasteiger partial charge in [-0.3, -0.25) is 14.4 Å². The molecule has 0 bridgehead atoms. The number of ether oxygens (including phenoxy) is 1. The van der Waals surface area contributed by atoms with Gasteiger partial charge in [-0.15, -0.1) is 6.58 Å². The number of anilines is 1. The van der Waals surface area contributed by atoms with Crippen molar-refractivity contribution in [3.8, 4) is 0 Å². The molecule has 0 aromatic heterocycles. The molecule has 9 nitrogen and oxygen atoms in total. The third-order valence-electron chi connectivity index (χ3n) is 4.20. The van der Waals surface area contributed by atoms with Gasteiger partial charge >= 0.3 is 12.0 Å². The molecule has 2 N–H and O–H groups in total. The van der Waals surface area contributed by atoms with Crippen LogP contribution in [0.2, 0.25) is 5.02 Å². The number of para-hydroxylation sites is 1. The van der Waals surface area contributed by atoms with Gasteiger partial charge in [0.2, 0.25) is 0 Å². The molecule has 0 aliphatic carbocycles. The lowest BCUT2D eigenvalue weighted by Gasteiger charge is -2.23. The summed E-state index contributed by atoms with van der Waals surface area (Å²) in [7, 11) is -2.77. The number of urea groups is 1. The van der Waals surface area contributed by atoms with Gasteiger partial charge in [-0.1, -0.05) is 35.9 Å². The fourth-order valence-corrected chi connectivity index (χ4v) is 4.21.